The van der Waals surface area contributed by atoms with E-state index in [4.69, 9.17) is 0 Å². The van der Waals surface area contributed by atoms with Gasteiger partial charge in [0.15, 0.2) is 0 Å². The fraction of sp³-hybridized carbons (Fsp3) is 0.222. The highest BCUT2D eigenvalue weighted by Gasteiger charge is 2.19. The lowest BCUT2D eigenvalue weighted by molar-refractivity contribution is -0.117. The van der Waals surface area contributed by atoms with Gasteiger partial charge in [0, 0.05) is 5.69 Å². The molecule has 0 heterocycles. The Morgan fingerprint density at radius 2 is 1.74 bits per heavy atom. The normalized spacial score (nSPS) is 11.7. The van der Waals surface area contributed by atoms with Gasteiger partial charge in [-0.1, -0.05) is 24.3 Å². The molecule has 4 nitrogen and oxygen atoms in total. The van der Waals surface area contributed by atoms with Crippen LogP contribution in [0.25, 0.3) is 0 Å². The highest BCUT2D eigenvalue weighted by molar-refractivity contribution is 6.01. The molecule has 0 saturated heterocycles. The van der Waals surface area contributed by atoms with Crippen molar-refractivity contribution in [3.8, 4) is 0 Å². The number of carbonyl (C=O) groups is 2. The van der Waals surface area contributed by atoms with E-state index in [0.29, 0.717) is 5.69 Å². The van der Waals surface area contributed by atoms with Crippen molar-refractivity contribution in [2.24, 2.45) is 0 Å². The zero-order chi connectivity index (χ0) is 17.0. The first-order valence-electron chi connectivity index (χ1n) is 7.32. The molecular weight excluding hydrogens is 295 g/mol. The average Bonchev–Trinajstić information content (AvgIpc) is 2.52. The highest BCUT2D eigenvalue weighted by atomic mass is 19.1. The molecule has 1 atom stereocenters. The molecule has 120 valence electrons. The zero-order valence-corrected chi connectivity index (χ0v) is 13.3. The second kappa shape index (κ2) is 7.05. The molecule has 1 unspecified atom stereocenters. The molecule has 2 aromatic carbocycles. The van der Waals surface area contributed by atoms with Gasteiger partial charge in [0.2, 0.25) is 5.91 Å². The molecule has 5 heteroatoms. The lowest BCUT2D eigenvalue weighted by Gasteiger charge is -2.16. The molecular formula is C18H19FN2O2. The quantitative estimate of drug-likeness (QED) is 0.910. The van der Waals surface area contributed by atoms with Crippen molar-refractivity contribution in [3.05, 3.63) is 65.0 Å². The summed E-state index contributed by atoms with van der Waals surface area (Å²) in [5.41, 5.74) is 2.64. The van der Waals surface area contributed by atoms with Crippen LogP contribution in [-0.4, -0.2) is 17.9 Å². The first kappa shape index (κ1) is 16.7. The van der Waals surface area contributed by atoms with Crippen molar-refractivity contribution in [1.29, 1.82) is 0 Å². The van der Waals surface area contributed by atoms with Crippen LogP contribution in [0.2, 0.25) is 0 Å². The van der Waals surface area contributed by atoms with Crippen LogP contribution in [-0.2, 0) is 4.79 Å². The van der Waals surface area contributed by atoms with E-state index < -0.39 is 17.8 Å². The van der Waals surface area contributed by atoms with Gasteiger partial charge < -0.3 is 10.6 Å². The molecule has 2 amide bonds. The van der Waals surface area contributed by atoms with E-state index in [9.17, 15) is 14.0 Å². The van der Waals surface area contributed by atoms with Crippen LogP contribution < -0.4 is 10.6 Å². The summed E-state index contributed by atoms with van der Waals surface area (Å²) < 4.78 is 13.6. The van der Waals surface area contributed by atoms with Crippen LogP contribution in [0.5, 0.6) is 0 Å². The van der Waals surface area contributed by atoms with Crippen LogP contribution in [0.3, 0.4) is 0 Å². The molecule has 23 heavy (non-hydrogen) atoms. The molecule has 2 N–H and O–H groups in total. The maximum atomic E-state index is 13.6. The Morgan fingerprint density at radius 1 is 1.04 bits per heavy atom. The molecule has 0 saturated carbocycles. The third-order valence-corrected chi connectivity index (χ3v) is 3.72. The Balaban J connectivity index is 2.04. The summed E-state index contributed by atoms with van der Waals surface area (Å²) in [6.07, 6.45) is 0. The summed E-state index contributed by atoms with van der Waals surface area (Å²) in [7, 11) is 0. The minimum atomic E-state index is -0.790. The van der Waals surface area contributed by atoms with Crippen molar-refractivity contribution in [3.63, 3.8) is 0 Å². The number of nitrogens with one attached hydrogen (secondary N) is 2. The van der Waals surface area contributed by atoms with Gasteiger partial charge in [-0.2, -0.15) is 0 Å². The van der Waals surface area contributed by atoms with E-state index in [2.05, 4.69) is 10.6 Å². The number of aryl methyl sites for hydroxylation is 1. The van der Waals surface area contributed by atoms with E-state index in [-0.39, 0.29) is 11.5 Å². The highest BCUT2D eigenvalue weighted by Crippen LogP contribution is 2.18. The van der Waals surface area contributed by atoms with Crippen LogP contribution in [0, 0.1) is 19.7 Å². The smallest absolute Gasteiger partial charge is 0.254 e. The van der Waals surface area contributed by atoms with Crippen LogP contribution >= 0.6 is 0 Å². The van der Waals surface area contributed by atoms with E-state index in [1.54, 1.807) is 19.1 Å². The number of benzene rings is 2. The first-order chi connectivity index (χ1) is 10.9. The molecule has 0 bridgehead atoms. The van der Waals surface area contributed by atoms with Crippen LogP contribution in [0.1, 0.15) is 28.4 Å². The predicted octanol–water partition coefficient (Wildman–Crippen LogP) is 3.20. The lowest BCUT2D eigenvalue weighted by atomic mass is 10.1. The fourth-order valence-electron chi connectivity index (χ4n) is 2.11. The fourth-order valence-corrected chi connectivity index (χ4v) is 2.11. The van der Waals surface area contributed by atoms with Crippen molar-refractivity contribution >= 4 is 17.5 Å². The molecule has 0 radical (unpaired) electrons. The number of hydrogen-bond donors (Lipinski definition) is 2. The summed E-state index contributed by atoms with van der Waals surface area (Å²) in [6, 6.07) is 10.5. The largest absolute Gasteiger partial charge is 0.340 e. The van der Waals surface area contributed by atoms with E-state index >= 15 is 0 Å². The molecule has 0 aromatic heterocycles. The van der Waals surface area contributed by atoms with Crippen molar-refractivity contribution in [2.45, 2.75) is 26.8 Å². The summed E-state index contributed by atoms with van der Waals surface area (Å²) in [5, 5.41) is 5.27. The summed E-state index contributed by atoms with van der Waals surface area (Å²) in [6.45, 7) is 5.42. The van der Waals surface area contributed by atoms with E-state index in [1.807, 2.05) is 26.0 Å². The Hall–Kier alpha value is -2.69. The second-order valence-electron chi connectivity index (χ2n) is 5.41. The average molecular weight is 314 g/mol. The van der Waals surface area contributed by atoms with Crippen molar-refractivity contribution in [1.82, 2.24) is 5.32 Å². The second-order valence-corrected chi connectivity index (χ2v) is 5.41. The minimum absolute atomic E-state index is 0.0844. The van der Waals surface area contributed by atoms with Gasteiger partial charge in [0.1, 0.15) is 11.9 Å². The van der Waals surface area contributed by atoms with Gasteiger partial charge in [-0.05, 0) is 50.1 Å². The van der Waals surface area contributed by atoms with Gasteiger partial charge >= 0.3 is 0 Å². The molecule has 0 aliphatic rings. The SMILES string of the molecule is Cc1cccc(NC(=O)C(C)NC(=O)c2ccccc2F)c1C. The molecule has 0 aliphatic carbocycles. The number of hydrogen-bond acceptors (Lipinski definition) is 2. The maximum absolute atomic E-state index is 13.6. The summed E-state index contributed by atoms with van der Waals surface area (Å²) in [4.78, 5) is 24.2. The maximum Gasteiger partial charge on any atom is 0.254 e. The molecule has 2 rings (SSSR count). The third-order valence-electron chi connectivity index (χ3n) is 3.72. The van der Waals surface area contributed by atoms with Gasteiger partial charge in [0.25, 0.3) is 5.91 Å². The first-order valence-corrected chi connectivity index (χ1v) is 7.32. The Bertz CT molecular complexity index is 744. The molecule has 0 fully saturated rings. The number of amides is 2. The number of anilines is 1. The molecule has 0 spiro atoms. The van der Waals surface area contributed by atoms with Crippen molar-refractivity contribution < 1.29 is 14.0 Å². The number of carbonyl (C=O) groups excluding carboxylic acids is 2. The van der Waals surface area contributed by atoms with E-state index in [0.717, 1.165) is 11.1 Å². The Labute approximate surface area is 134 Å². The van der Waals surface area contributed by atoms with Gasteiger partial charge in [-0.15, -0.1) is 0 Å². The molecule has 2 aromatic rings. The summed E-state index contributed by atoms with van der Waals surface area (Å²) >= 11 is 0. The topological polar surface area (TPSA) is 58.2 Å². The Kier molecular flexibility index (Phi) is 5.11. The summed E-state index contributed by atoms with van der Waals surface area (Å²) in [5.74, 6) is -1.60. The van der Waals surface area contributed by atoms with E-state index in [1.165, 1.54) is 18.2 Å². The molecule has 0 aliphatic heterocycles. The van der Waals surface area contributed by atoms with Gasteiger partial charge in [-0.25, -0.2) is 4.39 Å². The predicted molar refractivity (Wildman–Crippen MR) is 87.9 cm³/mol. The number of rotatable bonds is 4. The zero-order valence-electron chi connectivity index (χ0n) is 13.3. The minimum Gasteiger partial charge on any atom is -0.340 e. The third kappa shape index (κ3) is 3.94. The van der Waals surface area contributed by atoms with Crippen molar-refractivity contribution in [2.75, 3.05) is 5.32 Å². The van der Waals surface area contributed by atoms with Gasteiger partial charge in [0.05, 0.1) is 5.56 Å². The standard InChI is InChI=1S/C18H19FN2O2/c1-11-7-6-10-16(12(11)2)21-17(22)13(3)20-18(23)14-8-4-5-9-15(14)19/h4-10,13H,1-3H3,(H,20,23)(H,21,22). The van der Waals surface area contributed by atoms with Crippen LogP contribution in [0.15, 0.2) is 42.5 Å². The van der Waals surface area contributed by atoms with Crippen LogP contribution in [0.4, 0.5) is 10.1 Å². The monoisotopic (exact) mass is 314 g/mol. The van der Waals surface area contributed by atoms with Gasteiger partial charge in [-0.3, -0.25) is 9.59 Å². The number of halogens is 1. The lowest BCUT2D eigenvalue weighted by Crippen LogP contribution is -2.42. The Morgan fingerprint density at radius 3 is 2.43 bits per heavy atom.